The molecule has 0 aliphatic carbocycles. The molecule has 0 radical (unpaired) electrons. The molecule has 0 spiro atoms. The fourth-order valence-corrected chi connectivity index (χ4v) is 2.28. The molecule has 0 saturated carbocycles. The van der Waals surface area contributed by atoms with Gasteiger partial charge in [-0.1, -0.05) is 12.1 Å². The number of rotatable bonds is 4. The van der Waals surface area contributed by atoms with Crippen LogP contribution in [0.3, 0.4) is 0 Å². The van der Waals surface area contributed by atoms with Gasteiger partial charge in [-0.25, -0.2) is 9.50 Å². The first-order chi connectivity index (χ1) is 10.1. The first kappa shape index (κ1) is 13.4. The highest BCUT2D eigenvalue weighted by molar-refractivity contribution is 5.67. The Kier molecular flexibility index (Phi) is 3.48. The maximum absolute atomic E-state index is 4.40. The highest BCUT2D eigenvalue weighted by Gasteiger charge is 2.05. The van der Waals surface area contributed by atoms with E-state index in [2.05, 4.69) is 44.6 Å². The second kappa shape index (κ2) is 5.44. The van der Waals surface area contributed by atoms with Gasteiger partial charge < -0.3 is 10.2 Å². The van der Waals surface area contributed by atoms with E-state index in [1.807, 2.05) is 37.8 Å². The number of anilines is 2. The van der Waals surface area contributed by atoms with Crippen molar-refractivity contribution in [1.29, 1.82) is 0 Å². The molecule has 0 fully saturated rings. The van der Waals surface area contributed by atoms with Crippen LogP contribution in [0.2, 0.25) is 0 Å². The molecule has 3 rings (SSSR count). The smallest absolute Gasteiger partial charge is 0.152 e. The Balaban J connectivity index is 1.77. The van der Waals surface area contributed by atoms with Gasteiger partial charge in [0.1, 0.15) is 5.52 Å². The normalized spacial score (nSPS) is 10.8. The van der Waals surface area contributed by atoms with E-state index in [0.717, 1.165) is 23.6 Å². The molecule has 3 aromatic rings. The standard InChI is InChI=1S/C16H19N5/c1-12-10-15-16(17-8-9-21(15)19-12)18-11-13-4-6-14(7-5-13)20(2)3/h4-10H,11H2,1-3H3,(H,17,18). The van der Waals surface area contributed by atoms with Crippen molar-refractivity contribution < 1.29 is 0 Å². The summed E-state index contributed by atoms with van der Waals surface area (Å²) in [5.74, 6) is 0.856. The Morgan fingerprint density at radius 3 is 2.67 bits per heavy atom. The van der Waals surface area contributed by atoms with Crippen molar-refractivity contribution in [1.82, 2.24) is 14.6 Å². The van der Waals surface area contributed by atoms with Crippen LogP contribution in [0.1, 0.15) is 11.3 Å². The maximum atomic E-state index is 4.40. The number of hydrogen-bond donors (Lipinski definition) is 1. The zero-order chi connectivity index (χ0) is 14.8. The van der Waals surface area contributed by atoms with Gasteiger partial charge in [-0.15, -0.1) is 0 Å². The predicted octanol–water partition coefficient (Wildman–Crippen LogP) is 2.72. The summed E-state index contributed by atoms with van der Waals surface area (Å²) in [6, 6.07) is 10.5. The molecule has 5 heteroatoms. The van der Waals surface area contributed by atoms with Crippen LogP contribution in [-0.2, 0) is 6.54 Å². The number of nitrogens with one attached hydrogen (secondary N) is 1. The van der Waals surface area contributed by atoms with Crippen LogP contribution in [0.4, 0.5) is 11.5 Å². The minimum absolute atomic E-state index is 0.741. The molecule has 108 valence electrons. The summed E-state index contributed by atoms with van der Waals surface area (Å²) in [4.78, 5) is 6.49. The molecular formula is C16H19N5. The average molecular weight is 281 g/mol. The fraction of sp³-hybridized carbons (Fsp3) is 0.250. The minimum Gasteiger partial charge on any atom is -0.378 e. The largest absolute Gasteiger partial charge is 0.378 e. The van der Waals surface area contributed by atoms with Crippen LogP contribution in [0.5, 0.6) is 0 Å². The van der Waals surface area contributed by atoms with Crippen LogP contribution in [0.25, 0.3) is 5.52 Å². The summed E-state index contributed by atoms with van der Waals surface area (Å²) in [5.41, 5.74) is 4.41. The minimum atomic E-state index is 0.741. The molecule has 0 saturated heterocycles. The summed E-state index contributed by atoms with van der Waals surface area (Å²) >= 11 is 0. The van der Waals surface area contributed by atoms with E-state index in [0.29, 0.717) is 0 Å². The zero-order valence-corrected chi connectivity index (χ0v) is 12.5. The molecule has 2 heterocycles. The van der Waals surface area contributed by atoms with Gasteiger partial charge in [0.25, 0.3) is 0 Å². The molecule has 1 aromatic carbocycles. The van der Waals surface area contributed by atoms with E-state index in [-0.39, 0.29) is 0 Å². The van der Waals surface area contributed by atoms with E-state index in [4.69, 9.17) is 0 Å². The van der Waals surface area contributed by atoms with Gasteiger partial charge in [0.05, 0.1) is 5.69 Å². The van der Waals surface area contributed by atoms with Gasteiger partial charge in [-0.05, 0) is 30.7 Å². The lowest BCUT2D eigenvalue weighted by atomic mass is 10.2. The molecule has 0 atom stereocenters. The van der Waals surface area contributed by atoms with Crippen molar-refractivity contribution in [2.24, 2.45) is 0 Å². The number of aromatic nitrogens is 3. The summed E-state index contributed by atoms with van der Waals surface area (Å²) < 4.78 is 1.85. The number of hydrogen-bond acceptors (Lipinski definition) is 4. The van der Waals surface area contributed by atoms with E-state index in [9.17, 15) is 0 Å². The van der Waals surface area contributed by atoms with Crippen LogP contribution in [0, 0.1) is 6.92 Å². The monoisotopic (exact) mass is 281 g/mol. The second-order valence-corrected chi connectivity index (χ2v) is 5.31. The van der Waals surface area contributed by atoms with Gasteiger partial charge in [0.2, 0.25) is 0 Å². The first-order valence-electron chi connectivity index (χ1n) is 6.94. The Morgan fingerprint density at radius 1 is 1.19 bits per heavy atom. The van der Waals surface area contributed by atoms with Crippen molar-refractivity contribution >= 4 is 17.0 Å². The molecule has 1 N–H and O–H groups in total. The molecule has 2 aromatic heterocycles. The highest BCUT2D eigenvalue weighted by Crippen LogP contribution is 2.17. The Bertz CT molecular complexity index is 743. The van der Waals surface area contributed by atoms with Crippen molar-refractivity contribution in [3.05, 3.63) is 54.0 Å². The molecule has 0 aliphatic heterocycles. The summed E-state index contributed by atoms with van der Waals surface area (Å²) in [7, 11) is 4.08. The van der Waals surface area contributed by atoms with E-state index >= 15 is 0 Å². The van der Waals surface area contributed by atoms with Crippen LogP contribution < -0.4 is 10.2 Å². The van der Waals surface area contributed by atoms with Gasteiger partial charge in [0.15, 0.2) is 5.82 Å². The highest BCUT2D eigenvalue weighted by atomic mass is 15.2. The predicted molar refractivity (Wildman–Crippen MR) is 85.8 cm³/mol. The number of benzene rings is 1. The average Bonchev–Trinajstić information content (AvgIpc) is 2.86. The second-order valence-electron chi connectivity index (χ2n) is 5.31. The van der Waals surface area contributed by atoms with Crippen LogP contribution in [0.15, 0.2) is 42.7 Å². The summed E-state index contributed by atoms with van der Waals surface area (Å²) in [6.45, 7) is 2.72. The van der Waals surface area contributed by atoms with Crippen molar-refractivity contribution in [2.75, 3.05) is 24.3 Å². The molecular weight excluding hydrogens is 262 g/mol. The van der Waals surface area contributed by atoms with Crippen molar-refractivity contribution in [3.63, 3.8) is 0 Å². The van der Waals surface area contributed by atoms with E-state index in [1.54, 1.807) is 6.20 Å². The zero-order valence-electron chi connectivity index (χ0n) is 12.5. The molecule has 0 bridgehead atoms. The number of fused-ring (bicyclic) bond motifs is 1. The third-order valence-electron chi connectivity index (χ3n) is 3.42. The Labute approximate surface area is 124 Å². The third kappa shape index (κ3) is 2.81. The Morgan fingerprint density at radius 2 is 1.95 bits per heavy atom. The molecule has 5 nitrogen and oxygen atoms in total. The van der Waals surface area contributed by atoms with Gasteiger partial charge in [0, 0.05) is 38.7 Å². The van der Waals surface area contributed by atoms with Gasteiger partial charge >= 0.3 is 0 Å². The van der Waals surface area contributed by atoms with E-state index in [1.165, 1.54) is 11.3 Å². The quantitative estimate of drug-likeness (QED) is 0.798. The number of aryl methyl sites for hydroxylation is 1. The first-order valence-corrected chi connectivity index (χ1v) is 6.94. The lowest BCUT2D eigenvalue weighted by Crippen LogP contribution is -2.08. The lowest BCUT2D eigenvalue weighted by Gasteiger charge is -2.13. The topological polar surface area (TPSA) is 45.5 Å². The molecule has 21 heavy (non-hydrogen) atoms. The van der Waals surface area contributed by atoms with E-state index < -0.39 is 0 Å². The SMILES string of the molecule is Cc1cc2c(NCc3ccc(N(C)C)cc3)nccn2n1. The van der Waals surface area contributed by atoms with Gasteiger partial charge in [-0.2, -0.15) is 5.10 Å². The lowest BCUT2D eigenvalue weighted by molar-refractivity contribution is 0.920. The van der Waals surface area contributed by atoms with Crippen molar-refractivity contribution in [2.45, 2.75) is 13.5 Å². The van der Waals surface area contributed by atoms with Crippen molar-refractivity contribution in [3.8, 4) is 0 Å². The summed E-state index contributed by atoms with van der Waals surface area (Å²) in [6.07, 6.45) is 3.62. The third-order valence-corrected chi connectivity index (χ3v) is 3.42. The maximum Gasteiger partial charge on any atom is 0.152 e. The van der Waals surface area contributed by atoms with Crippen LogP contribution in [-0.4, -0.2) is 28.7 Å². The number of nitrogens with zero attached hydrogens (tertiary/aromatic N) is 4. The molecule has 0 aliphatic rings. The molecule has 0 unspecified atom stereocenters. The fourth-order valence-electron chi connectivity index (χ4n) is 2.28. The summed E-state index contributed by atoms with van der Waals surface area (Å²) in [5, 5.41) is 7.77. The Hall–Kier alpha value is -2.56. The molecule has 0 amide bonds. The van der Waals surface area contributed by atoms with Gasteiger partial charge in [-0.3, -0.25) is 0 Å². The van der Waals surface area contributed by atoms with Crippen LogP contribution >= 0.6 is 0 Å².